The molecule has 2 heterocycles. The number of hydrogen-bond donors (Lipinski definition) is 1. The van der Waals surface area contributed by atoms with Gasteiger partial charge < -0.3 is 10.2 Å². The number of aromatic nitrogens is 2. The Morgan fingerprint density at radius 3 is 2.57 bits per heavy atom. The molecule has 21 heavy (non-hydrogen) atoms. The molecule has 2 rings (SSSR count). The number of amides is 1. The van der Waals surface area contributed by atoms with Crippen molar-refractivity contribution in [2.45, 2.75) is 40.0 Å². The van der Waals surface area contributed by atoms with Crippen LogP contribution in [0.2, 0.25) is 0 Å². The van der Waals surface area contributed by atoms with E-state index < -0.39 is 0 Å². The van der Waals surface area contributed by atoms with Gasteiger partial charge in [0.15, 0.2) is 0 Å². The molecule has 0 atom stereocenters. The number of piperidine rings is 1. The van der Waals surface area contributed by atoms with E-state index in [1.54, 1.807) is 4.68 Å². The van der Waals surface area contributed by atoms with E-state index in [4.69, 9.17) is 0 Å². The Balaban J connectivity index is 2.14. The number of nitrogens with zero attached hydrogens (tertiary/aromatic N) is 3. The lowest BCUT2D eigenvalue weighted by molar-refractivity contribution is 0.0715. The number of aryl methyl sites for hydroxylation is 2. The predicted molar refractivity (Wildman–Crippen MR) is 84.5 cm³/mol. The van der Waals surface area contributed by atoms with Gasteiger partial charge in [0.1, 0.15) is 0 Å². The molecule has 118 valence electrons. The zero-order valence-corrected chi connectivity index (χ0v) is 13.8. The van der Waals surface area contributed by atoms with Crippen molar-refractivity contribution in [1.82, 2.24) is 20.0 Å². The molecule has 0 spiro atoms. The molecule has 0 radical (unpaired) electrons. The molecule has 5 heteroatoms. The summed E-state index contributed by atoms with van der Waals surface area (Å²) in [4.78, 5) is 15.0. The van der Waals surface area contributed by atoms with Gasteiger partial charge in [-0.2, -0.15) is 5.10 Å². The number of hydrogen-bond acceptors (Lipinski definition) is 3. The molecule has 1 aromatic rings. The van der Waals surface area contributed by atoms with Crippen LogP contribution in [0, 0.1) is 19.8 Å². The Morgan fingerprint density at radius 1 is 1.38 bits per heavy atom. The summed E-state index contributed by atoms with van der Waals surface area (Å²) in [6.07, 6.45) is 3.33. The van der Waals surface area contributed by atoms with Crippen LogP contribution in [-0.2, 0) is 7.05 Å². The van der Waals surface area contributed by atoms with E-state index in [1.165, 1.54) is 12.8 Å². The molecule has 1 aromatic heterocycles. The molecule has 0 aliphatic carbocycles. The van der Waals surface area contributed by atoms with Crippen LogP contribution in [-0.4, -0.2) is 46.8 Å². The molecular weight excluding hydrogens is 264 g/mol. The lowest BCUT2D eigenvalue weighted by Crippen LogP contribution is -2.40. The first-order valence-corrected chi connectivity index (χ1v) is 8.04. The van der Waals surface area contributed by atoms with Crippen molar-refractivity contribution in [3.05, 3.63) is 17.0 Å². The van der Waals surface area contributed by atoms with Crippen molar-refractivity contribution in [1.29, 1.82) is 0 Å². The quantitative estimate of drug-likeness (QED) is 0.901. The van der Waals surface area contributed by atoms with Crippen LogP contribution in [0.3, 0.4) is 0 Å². The van der Waals surface area contributed by atoms with Crippen LogP contribution >= 0.6 is 0 Å². The Hall–Kier alpha value is -1.36. The summed E-state index contributed by atoms with van der Waals surface area (Å²) in [5.41, 5.74) is 2.59. The van der Waals surface area contributed by atoms with Crippen molar-refractivity contribution in [3.8, 4) is 0 Å². The molecule has 1 saturated heterocycles. The van der Waals surface area contributed by atoms with Crippen molar-refractivity contribution in [2.75, 3.05) is 26.2 Å². The molecule has 1 N–H and O–H groups in total. The third kappa shape index (κ3) is 3.64. The predicted octanol–water partition coefficient (Wildman–Crippen LogP) is 1.89. The molecule has 0 bridgehead atoms. The molecule has 0 unspecified atom stereocenters. The van der Waals surface area contributed by atoms with Gasteiger partial charge in [0.05, 0.1) is 11.3 Å². The first-order chi connectivity index (χ1) is 10.0. The monoisotopic (exact) mass is 292 g/mol. The van der Waals surface area contributed by atoms with E-state index in [0.29, 0.717) is 5.92 Å². The average Bonchev–Trinajstić information content (AvgIpc) is 2.72. The van der Waals surface area contributed by atoms with Crippen molar-refractivity contribution in [3.63, 3.8) is 0 Å². The minimum atomic E-state index is 0.151. The van der Waals surface area contributed by atoms with Gasteiger partial charge in [-0.15, -0.1) is 0 Å². The molecule has 1 aliphatic rings. The maximum Gasteiger partial charge on any atom is 0.257 e. The van der Waals surface area contributed by atoms with E-state index in [9.17, 15) is 4.79 Å². The highest BCUT2D eigenvalue weighted by Crippen LogP contribution is 2.19. The Bertz CT molecular complexity index is 489. The molecule has 1 fully saturated rings. The normalized spacial score (nSPS) is 16.2. The molecule has 0 aromatic carbocycles. The van der Waals surface area contributed by atoms with Gasteiger partial charge in [0.2, 0.25) is 0 Å². The van der Waals surface area contributed by atoms with Gasteiger partial charge in [0.25, 0.3) is 5.91 Å². The van der Waals surface area contributed by atoms with Crippen LogP contribution < -0.4 is 5.32 Å². The Morgan fingerprint density at radius 2 is 2.05 bits per heavy atom. The van der Waals surface area contributed by atoms with Gasteiger partial charge in [0, 0.05) is 25.8 Å². The smallest absolute Gasteiger partial charge is 0.257 e. The van der Waals surface area contributed by atoms with Crippen molar-refractivity contribution >= 4 is 5.91 Å². The molecule has 1 amide bonds. The largest absolute Gasteiger partial charge is 0.338 e. The SMILES string of the molecule is CCCN(CC1CCNCC1)C(=O)c1c(C)nn(C)c1C. The highest BCUT2D eigenvalue weighted by molar-refractivity contribution is 5.96. The number of nitrogens with one attached hydrogen (secondary N) is 1. The van der Waals surface area contributed by atoms with Crippen LogP contribution in [0.15, 0.2) is 0 Å². The van der Waals surface area contributed by atoms with Crippen LogP contribution in [0.1, 0.15) is 47.9 Å². The number of carbonyl (C=O) groups excluding carboxylic acids is 1. The van der Waals surface area contributed by atoms with Gasteiger partial charge in [-0.05, 0) is 52.1 Å². The maximum atomic E-state index is 12.9. The lowest BCUT2D eigenvalue weighted by atomic mass is 9.97. The third-order valence-electron chi connectivity index (χ3n) is 4.44. The second-order valence-electron chi connectivity index (χ2n) is 6.11. The van der Waals surface area contributed by atoms with Crippen LogP contribution in [0.5, 0.6) is 0 Å². The highest BCUT2D eigenvalue weighted by Gasteiger charge is 2.25. The van der Waals surface area contributed by atoms with Gasteiger partial charge >= 0.3 is 0 Å². The first-order valence-electron chi connectivity index (χ1n) is 8.04. The van der Waals surface area contributed by atoms with Gasteiger partial charge in [-0.25, -0.2) is 0 Å². The Kier molecular flexibility index (Phi) is 5.39. The average molecular weight is 292 g/mol. The van der Waals surface area contributed by atoms with E-state index in [2.05, 4.69) is 17.3 Å². The topological polar surface area (TPSA) is 50.2 Å². The number of rotatable bonds is 5. The van der Waals surface area contributed by atoms with Gasteiger partial charge in [-0.1, -0.05) is 6.92 Å². The van der Waals surface area contributed by atoms with E-state index in [1.807, 2.05) is 25.8 Å². The zero-order valence-electron chi connectivity index (χ0n) is 13.8. The van der Waals surface area contributed by atoms with E-state index in [0.717, 1.165) is 49.6 Å². The third-order valence-corrected chi connectivity index (χ3v) is 4.44. The summed E-state index contributed by atoms with van der Waals surface area (Å²) in [6.45, 7) is 9.88. The van der Waals surface area contributed by atoms with Gasteiger partial charge in [-0.3, -0.25) is 9.48 Å². The summed E-state index contributed by atoms with van der Waals surface area (Å²) in [7, 11) is 1.90. The fourth-order valence-electron chi connectivity index (χ4n) is 3.16. The zero-order chi connectivity index (χ0) is 15.4. The maximum absolute atomic E-state index is 12.9. The van der Waals surface area contributed by atoms with E-state index in [-0.39, 0.29) is 5.91 Å². The first kappa shape index (κ1) is 16.0. The molecule has 0 saturated carbocycles. The Labute approximate surface area is 127 Å². The summed E-state index contributed by atoms with van der Waals surface area (Å²) >= 11 is 0. The molecule has 5 nitrogen and oxygen atoms in total. The lowest BCUT2D eigenvalue weighted by Gasteiger charge is -2.30. The summed E-state index contributed by atoms with van der Waals surface area (Å²) in [5.74, 6) is 0.775. The minimum absolute atomic E-state index is 0.151. The fourth-order valence-corrected chi connectivity index (χ4v) is 3.16. The summed E-state index contributed by atoms with van der Waals surface area (Å²) in [6, 6.07) is 0. The second-order valence-corrected chi connectivity index (χ2v) is 6.11. The summed E-state index contributed by atoms with van der Waals surface area (Å²) in [5, 5.41) is 7.77. The standard InChI is InChI=1S/C16H28N4O/c1-5-10-20(11-14-6-8-17-9-7-14)16(21)15-12(2)18-19(4)13(15)3/h14,17H,5-11H2,1-4H3. The van der Waals surface area contributed by atoms with Crippen LogP contribution in [0.25, 0.3) is 0 Å². The number of carbonyl (C=O) groups is 1. The fraction of sp³-hybridized carbons (Fsp3) is 0.750. The second kappa shape index (κ2) is 7.07. The van der Waals surface area contributed by atoms with E-state index >= 15 is 0 Å². The van der Waals surface area contributed by atoms with Crippen molar-refractivity contribution < 1.29 is 4.79 Å². The molecular formula is C16H28N4O. The minimum Gasteiger partial charge on any atom is -0.338 e. The molecule has 1 aliphatic heterocycles. The van der Waals surface area contributed by atoms with Crippen LogP contribution in [0.4, 0.5) is 0 Å². The van der Waals surface area contributed by atoms with Crippen molar-refractivity contribution in [2.24, 2.45) is 13.0 Å². The highest BCUT2D eigenvalue weighted by atomic mass is 16.2. The summed E-state index contributed by atoms with van der Waals surface area (Å²) < 4.78 is 1.80.